The summed E-state index contributed by atoms with van der Waals surface area (Å²) in [5.74, 6) is 0.346. The number of aromatic hydroxyl groups is 1. The van der Waals surface area contributed by atoms with Crippen LogP contribution >= 0.6 is 0 Å². The molecular weight excluding hydrogens is 519 g/mol. The van der Waals surface area contributed by atoms with E-state index in [1.165, 1.54) is 0 Å². The molecule has 0 fully saturated rings. The summed E-state index contributed by atoms with van der Waals surface area (Å²) in [6.07, 6.45) is -1.20. The molecule has 0 atom stereocenters. The third kappa shape index (κ3) is 7.13. The normalized spacial score (nSPS) is 11.5. The number of halogens is 3. The molecule has 2 aromatic heterocycles. The Kier molecular flexibility index (Phi) is 8.67. The van der Waals surface area contributed by atoms with Crippen LogP contribution in [-0.2, 0) is 19.1 Å². The SMILES string of the molecule is Cc1cc(CCNc2nccc(-c3cccc(CN(C(=O)c4ccc(C(F)(F)F)nc4)C(C)C)c3)n2)ccc1O. The Balaban J connectivity index is 1.45. The lowest BCUT2D eigenvalue weighted by molar-refractivity contribution is -0.141. The number of carbonyl (C=O) groups is 1. The number of anilines is 1. The van der Waals surface area contributed by atoms with E-state index in [9.17, 15) is 23.1 Å². The molecule has 4 aromatic rings. The van der Waals surface area contributed by atoms with E-state index < -0.39 is 17.8 Å². The summed E-state index contributed by atoms with van der Waals surface area (Å²) in [6, 6.07) is 16.7. The molecule has 0 saturated carbocycles. The lowest BCUT2D eigenvalue weighted by atomic mass is 10.1. The van der Waals surface area contributed by atoms with Gasteiger partial charge in [0.25, 0.3) is 5.91 Å². The van der Waals surface area contributed by atoms with Crippen LogP contribution in [0.4, 0.5) is 19.1 Å². The van der Waals surface area contributed by atoms with E-state index >= 15 is 0 Å². The maximum Gasteiger partial charge on any atom is 0.433 e. The lowest BCUT2D eigenvalue weighted by Crippen LogP contribution is -2.36. The molecule has 0 radical (unpaired) electrons. The highest BCUT2D eigenvalue weighted by Gasteiger charge is 2.32. The van der Waals surface area contributed by atoms with Crippen molar-refractivity contribution in [2.45, 2.75) is 46.0 Å². The molecule has 208 valence electrons. The second-order valence-corrected chi connectivity index (χ2v) is 9.72. The first kappa shape index (κ1) is 28.5. The van der Waals surface area contributed by atoms with Crippen LogP contribution < -0.4 is 5.32 Å². The molecule has 10 heteroatoms. The topological polar surface area (TPSA) is 91.2 Å². The summed E-state index contributed by atoms with van der Waals surface area (Å²) < 4.78 is 38.6. The Morgan fingerprint density at radius 2 is 1.82 bits per heavy atom. The van der Waals surface area contributed by atoms with Crippen molar-refractivity contribution in [3.8, 4) is 17.0 Å². The molecule has 2 N–H and O–H groups in total. The van der Waals surface area contributed by atoms with Crippen LogP contribution in [0.15, 0.2) is 73.1 Å². The minimum Gasteiger partial charge on any atom is -0.508 e. The number of nitrogens with one attached hydrogen (secondary N) is 1. The number of phenols is 1. The molecule has 0 aliphatic rings. The van der Waals surface area contributed by atoms with Gasteiger partial charge in [0, 0.05) is 37.1 Å². The van der Waals surface area contributed by atoms with E-state index in [1.54, 1.807) is 23.2 Å². The van der Waals surface area contributed by atoms with Crippen LogP contribution in [0, 0.1) is 6.92 Å². The molecule has 40 heavy (non-hydrogen) atoms. The number of phenolic OH excluding ortho intramolecular Hbond substituents is 1. The highest BCUT2D eigenvalue weighted by Crippen LogP contribution is 2.28. The van der Waals surface area contributed by atoms with Crippen LogP contribution in [0.1, 0.15) is 46.6 Å². The number of amides is 1. The third-order valence-electron chi connectivity index (χ3n) is 6.37. The smallest absolute Gasteiger partial charge is 0.433 e. The van der Waals surface area contributed by atoms with Crippen molar-refractivity contribution >= 4 is 11.9 Å². The Labute approximate surface area is 230 Å². The van der Waals surface area contributed by atoms with Gasteiger partial charge in [-0.25, -0.2) is 9.97 Å². The van der Waals surface area contributed by atoms with Crippen LogP contribution in [0.3, 0.4) is 0 Å². The van der Waals surface area contributed by atoms with Crippen molar-refractivity contribution in [2.75, 3.05) is 11.9 Å². The maximum absolute atomic E-state index is 13.2. The van der Waals surface area contributed by atoms with Gasteiger partial charge >= 0.3 is 6.18 Å². The van der Waals surface area contributed by atoms with Gasteiger partial charge in [0.2, 0.25) is 5.95 Å². The fourth-order valence-electron chi connectivity index (χ4n) is 4.16. The summed E-state index contributed by atoms with van der Waals surface area (Å²) in [7, 11) is 0. The van der Waals surface area contributed by atoms with Crippen LogP contribution in [0.2, 0.25) is 0 Å². The fraction of sp³-hybridized carbons (Fsp3) is 0.267. The Morgan fingerprint density at radius 3 is 2.50 bits per heavy atom. The average Bonchev–Trinajstić information content (AvgIpc) is 2.93. The second-order valence-electron chi connectivity index (χ2n) is 9.72. The third-order valence-corrected chi connectivity index (χ3v) is 6.37. The van der Waals surface area contributed by atoms with Gasteiger partial charge in [0.1, 0.15) is 11.4 Å². The lowest BCUT2D eigenvalue weighted by Gasteiger charge is -2.27. The summed E-state index contributed by atoms with van der Waals surface area (Å²) in [5, 5.41) is 12.9. The zero-order valence-corrected chi connectivity index (χ0v) is 22.4. The van der Waals surface area contributed by atoms with Crippen molar-refractivity contribution < 1.29 is 23.1 Å². The number of pyridine rings is 1. The minimum absolute atomic E-state index is 0.0897. The van der Waals surface area contributed by atoms with Gasteiger partial charge in [-0.3, -0.25) is 9.78 Å². The monoisotopic (exact) mass is 549 g/mol. The number of benzene rings is 2. The van der Waals surface area contributed by atoms with Gasteiger partial charge in [-0.05, 0) is 74.2 Å². The van der Waals surface area contributed by atoms with Gasteiger partial charge in [-0.1, -0.05) is 30.3 Å². The van der Waals surface area contributed by atoms with Gasteiger partial charge in [-0.15, -0.1) is 0 Å². The molecule has 0 unspecified atom stereocenters. The molecule has 0 bridgehead atoms. The van der Waals surface area contributed by atoms with Gasteiger partial charge in [0.05, 0.1) is 11.3 Å². The number of hydrogen-bond donors (Lipinski definition) is 2. The zero-order chi connectivity index (χ0) is 28.9. The van der Waals surface area contributed by atoms with E-state index in [1.807, 2.05) is 57.2 Å². The van der Waals surface area contributed by atoms with Crippen molar-refractivity contribution in [3.05, 3.63) is 101 Å². The van der Waals surface area contributed by atoms with Crippen molar-refractivity contribution in [1.29, 1.82) is 0 Å². The molecular formula is C30H30F3N5O2. The second kappa shape index (κ2) is 12.1. The molecule has 0 spiro atoms. The van der Waals surface area contributed by atoms with Crippen LogP contribution in [0.5, 0.6) is 5.75 Å². The van der Waals surface area contributed by atoms with E-state index in [-0.39, 0.29) is 23.9 Å². The first-order valence-corrected chi connectivity index (χ1v) is 12.8. The standard InChI is InChI=1S/C30H30F3N5O2/c1-19(2)38(28(40)24-8-10-27(36-17-24)30(31,32)33)18-22-5-4-6-23(16-22)25-12-14-35-29(37-25)34-13-11-21-7-9-26(39)20(3)15-21/h4-10,12,14-17,19,39H,11,13,18H2,1-3H3,(H,34,35,37). The van der Waals surface area contributed by atoms with E-state index in [2.05, 4.69) is 20.3 Å². The zero-order valence-electron chi connectivity index (χ0n) is 22.4. The Bertz CT molecular complexity index is 1470. The summed E-state index contributed by atoms with van der Waals surface area (Å²) in [6.45, 7) is 6.42. The fourth-order valence-corrected chi connectivity index (χ4v) is 4.16. The van der Waals surface area contributed by atoms with E-state index in [4.69, 9.17) is 0 Å². The van der Waals surface area contributed by atoms with Crippen molar-refractivity contribution in [3.63, 3.8) is 0 Å². The van der Waals surface area contributed by atoms with E-state index in [0.717, 1.165) is 47.0 Å². The number of hydrogen-bond acceptors (Lipinski definition) is 6. The number of alkyl halides is 3. The maximum atomic E-state index is 13.2. The molecule has 2 aromatic carbocycles. The molecule has 2 heterocycles. The average molecular weight is 550 g/mol. The number of rotatable bonds is 9. The van der Waals surface area contributed by atoms with Crippen LogP contribution in [0.25, 0.3) is 11.3 Å². The van der Waals surface area contributed by atoms with Gasteiger partial charge < -0.3 is 15.3 Å². The minimum atomic E-state index is -4.57. The number of nitrogens with zero attached hydrogens (tertiary/aromatic N) is 4. The number of aromatic nitrogens is 3. The Hall–Kier alpha value is -4.47. The highest BCUT2D eigenvalue weighted by molar-refractivity contribution is 5.94. The summed E-state index contributed by atoms with van der Waals surface area (Å²) in [4.78, 5) is 27.1. The highest BCUT2D eigenvalue weighted by atomic mass is 19.4. The molecule has 4 rings (SSSR count). The molecule has 7 nitrogen and oxygen atoms in total. The predicted octanol–water partition coefficient (Wildman–Crippen LogP) is 6.28. The quantitative estimate of drug-likeness (QED) is 0.256. The number of carbonyl (C=O) groups excluding carboxylic acids is 1. The van der Waals surface area contributed by atoms with Gasteiger partial charge in [0.15, 0.2) is 0 Å². The molecule has 0 aliphatic heterocycles. The molecule has 0 saturated heterocycles. The first-order chi connectivity index (χ1) is 19.0. The Morgan fingerprint density at radius 1 is 1.02 bits per heavy atom. The number of aryl methyl sites for hydroxylation is 1. The van der Waals surface area contributed by atoms with Crippen molar-refractivity contribution in [2.24, 2.45) is 0 Å². The van der Waals surface area contributed by atoms with Crippen molar-refractivity contribution in [1.82, 2.24) is 19.9 Å². The van der Waals surface area contributed by atoms with Gasteiger partial charge in [-0.2, -0.15) is 13.2 Å². The summed E-state index contributed by atoms with van der Waals surface area (Å²) >= 11 is 0. The van der Waals surface area contributed by atoms with Crippen LogP contribution in [-0.4, -0.2) is 43.5 Å². The first-order valence-electron chi connectivity index (χ1n) is 12.8. The molecule has 0 aliphatic carbocycles. The predicted molar refractivity (Wildman–Crippen MR) is 147 cm³/mol. The van der Waals surface area contributed by atoms with E-state index in [0.29, 0.717) is 18.2 Å². The summed E-state index contributed by atoms with van der Waals surface area (Å²) in [5.41, 5.74) is 3.34. The molecule has 1 amide bonds. The largest absolute Gasteiger partial charge is 0.508 e.